The number of halogens is 1. The van der Waals surface area contributed by atoms with Gasteiger partial charge in [0, 0.05) is 5.02 Å². The molecule has 1 atom stereocenters. The van der Waals surface area contributed by atoms with E-state index in [2.05, 4.69) is 20.7 Å². The van der Waals surface area contributed by atoms with Crippen LogP contribution in [0.4, 0.5) is 10.5 Å². The van der Waals surface area contributed by atoms with Crippen molar-refractivity contribution in [2.24, 2.45) is 0 Å². The summed E-state index contributed by atoms with van der Waals surface area (Å²) in [5.41, 5.74) is 0.429. The predicted molar refractivity (Wildman–Crippen MR) is 114 cm³/mol. The number of imide groups is 1. The lowest BCUT2D eigenvalue weighted by molar-refractivity contribution is -0.133. The lowest BCUT2D eigenvalue weighted by Crippen LogP contribution is -2.42. The van der Waals surface area contributed by atoms with Crippen LogP contribution in [0.15, 0.2) is 55.1 Å². The van der Waals surface area contributed by atoms with Gasteiger partial charge in [-0.05, 0) is 42.8 Å². The highest BCUT2D eigenvalue weighted by Crippen LogP contribution is 2.29. The van der Waals surface area contributed by atoms with Gasteiger partial charge in [-0.2, -0.15) is 10.4 Å². The first kappa shape index (κ1) is 21.0. The van der Waals surface area contributed by atoms with Crippen molar-refractivity contribution in [2.75, 3.05) is 11.9 Å². The molecule has 4 amide bonds. The molecule has 2 aromatic carbocycles. The highest BCUT2D eigenvalue weighted by atomic mass is 35.5. The molecule has 3 aromatic rings. The number of hydrogen-bond donors (Lipinski definition) is 2. The fourth-order valence-corrected chi connectivity index (χ4v) is 3.56. The van der Waals surface area contributed by atoms with Crippen molar-refractivity contribution in [3.8, 4) is 11.8 Å². The third-order valence-corrected chi connectivity index (χ3v) is 5.30. The van der Waals surface area contributed by atoms with Crippen molar-refractivity contribution < 1.29 is 14.4 Å². The summed E-state index contributed by atoms with van der Waals surface area (Å²) in [6.45, 7) is 1.05. The van der Waals surface area contributed by atoms with Crippen LogP contribution in [0.3, 0.4) is 0 Å². The first-order chi connectivity index (χ1) is 15.3. The maximum atomic E-state index is 13.0. The van der Waals surface area contributed by atoms with Crippen LogP contribution in [0.5, 0.6) is 0 Å². The molecule has 2 heterocycles. The molecule has 160 valence electrons. The van der Waals surface area contributed by atoms with Gasteiger partial charge < -0.3 is 10.6 Å². The molecule has 0 saturated carbocycles. The molecular weight excluding hydrogens is 434 g/mol. The SMILES string of the molecule is C[C@]1(c2ccc(C#N)cc2)NC(=O)N(CC(=O)Nc2cc(Cl)ccc2-n2cncn2)C1=O. The minimum Gasteiger partial charge on any atom is -0.323 e. The number of aromatic nitrogens is 3. The number of carbonyl (C=O) groups excluding carboxylic acids is 3. The molecule has 0 radical (unpaired) electrons. The lowest BCUT2D eigenvalue weighted by Gasteiger charge is -2.22. The van der Waals surface area contributed by atoms with Crippen LogP contribution < -0.4 is 10.6 Å². The fourth-order valence-electron chi connectivity index (χ4n) is 3.39. The van der Waals surface area contributed by atoms with E-state index in [1.165, 1.54) is 23.4 Å². The molecule has 1 fully saturated rings. The molecule has 1 aliphatic heterocycles. The fraction of sp³-hybridized carbons (Fsp3) is 0.143. The summed E-state index contributed by atoms with van der Waals surface area (Å²) in [5.74, 6) is -1.17. The second kappa shape index (κ2) is 8.13. The van der Waals surface area contributed by atoms with E-state index in [9.17, 15) is 14.4 Å². The molecular formula is C21H16ClN7O3. The second-order valence-corrected chi connectivity index (χ2v) is 7.62. The highest BCUT2D eigenvalue weighted by Gasteiger charge is 2.49. The molecule has 0 aliphatic carbocycles. The Balaban J connectivity index is 1.53. The maximum Gasteiger partial charge on any atom is 0.325 e. The van der Waals surface area contributed by atoms with E-state index in [0.29, 0.717) is 27.5 Å². The highest BCUT2D eigenvalue weighted by molar-refractivity contribution is 6.31. The Morgan fingerprint density at radius 2 is 2.00 bits per heavy atom. The average Bonchev–Trinajstić information content (AvgIpc) is 3.38. The first-order valence-corrected chi connectivity index (χ1v) is 9.79. The molecule has 0 bridgehead atoms. The van der Waals surface area contributed by atoms with Gasteiger partial charge in [0.05, 0.1) is 23.0 Å². The van der Waals surface area contributed by atoms with Gasteiger partial charge >= 0.3 is 6.03 Å². The molecule has 11 heteroatoms. The number of nitrogens with one attached hydrogen (secondary N) is 2. The van der Waals surface area contributed by atoms with Crippen molar-refractivity contribution in [1.82, 2.24) is 25.0 Å². The Labute approximate surface area is 187 Å². The third-order valence-electron chi connectivity index (χ3n) is 5.07. The van der Waals surface area contributed by atoms with E-state index in [-0.39, 0.29) is 0 Å². The second-order valence-electron chi connectivity index (χ2n) is 7.19. The van der Waals surface area contributed by atoms with Crippen LogP contribution in [0.2, 0.25) is 5.02 Å². The minimum atomic E-state index is -1.35. The molecule has 32 heavy (non-hydrogen) atoms. The van der Waals surface area contributed by atoms with Crippen LogP contribution in [-0.2, 0) is 15.1 Å². The van der Waals surface area contributed by atoms with Gasteiger partial charge in [0.25, 0.3) is 5.91 Å². The Morgan fingerprint density at radius 3 is 2.66 bits per heavy atom. The number of carbonyl (C=O) groups is 3. The third kappa shape index (κ3) is 3.77. The number of nitrogens with zero attached hydrogens (tertiary/aromatic N) is 5. The zero-order chi connectivity index (χ0) is 22.9. The van der Waals surface area contributed by atoms with Crippen molar-refractivity contribution >= 4 is 35.1 Å². The molecule has 1 saturated heterocycles. The van der Waals surface area contributed by atoms with Crippen LogP contribution in [0.1, 0.15) is 18.1 Å². The molecule has 0 unspecified atom stereocenters. The van der Waals surface area contributed by atoms with Gasteiger partial charge in [-0.3, -0.25) is 14.5 Å². The summed E-state index contributed by atoms with van der Waals surface area (Å²) in [6, 6.07) is 12.4. The summed E-state index contributed by atoms with van der Waals surface area (Å²) < 4.78 is 1.45. The standard InChI is InChI=1S/C21H16ClN7O3/c1-21(14-4-2-13(9-23)3-5-14)19(31)28(20(32)27-21)10-18(30)26-16-8-15(22)6-7-17(16)29-12-24-11-25-29/h2-8,11-12H,10H2,1H3,(H,26,30)(H,27,32)/t21-/m1/s1. The Kier molecular flexibility index (Phi) is 5.34. The molecule has 4 rings (SSSR count). The normalized spacial score (nSPS) is 17.7. The van der Waals surface area contributed by atoms with Crippen molar-refractivity contribution in [3.05, 3.63) is 71.3 Å². The number of nitriles is 1. The van der Waals surface area contributed by atoms with E-state index in [1.54, 1.807) is 43.3 Å². The predicted octanol–water partition coefficient (Wildman–Crippen LogP) is 2.20. The van der Waals surface area contributed by atoms with Crippen molar-refractivity contribution in [3.63, 3.8) is 0 Å². The maximum absolute atomic E-state index is 13.0. The van der Waals surface area contributed by atoms with Gasteiger partial charge in [0.1, 0.15) is 24.7 Å². The average molecular weight is 450 g/mol. The topological polar surface area (TPSA) is 133 Å². The van der Waals surface area contributed by atoms with Crippen LogP contribution in [-0.4, -0.2) is 44.1 Å². The lowest BCUT2D eigenvalue weighted by atomic mass is 9.91. The number of benzene rings is 2. The Morgan fingerprint density at radius 1 is 1.25 bits per heavy atom. The van der Waals surface area contributed by atoms with Crippen LogP contribution in [0, 0.1) is 11.3 Å². The van der Waals surface area contributed by atoms with E-state index in [4.69, 9.17) is 16.9 Å². The molecule has 0 spiro atoms. The monoisotopic (exact) mass is 449 g/mol. The summed E-state index contributed by atoms with van der Waals surface area (Å²) in [7, 11) is 0. The van der Waals surface area contributed by atoms with Gasteiger partial charge in [-0.25, -0.2) is 14.5 Å². The largest absolute Gasteiger partial charge is 0.325 e. The number of urea groups is 1. The van der Waals surface area contributed by atoms with Crippen LogP contribution >= 0.6 is 11.6 Å². The van der Waals surface area contributed by atoms with Gasteiger partial charge in [-0.1, -0.05) is 23.7 Å². The van der Waals surface area contributed by atoms with Gasteiger partial charge in [0.15, 0.2) is 0 Å². The van der Waals surface area contributed by atoms with Crippen molar-refractivity contribution in [1.29, 1.82) is 5.26 Å². The van der Waals surface area contributed by atoms with Gasteiger partial charge in [0.2, 0.25) is 5.91 Å². The number of hydrogen-bond acceptors (Lipinski definition) is 6. The quantitative estimate of drug-likeness (QED) is 0.573. The number of anilines is 1. The van der Waals surface area contributed by atoms with Gasteiger partial charge in [-0.15, -0.1) is 0 Å². The summed E-state index contributed by atoms with van der Waals surface area (Å²) >= 11 is 6.06. The van der Waals surface area contributed by atoms with E-state index in [1.807, 2.05) is 6.07 Å². The zero-order valence-electron chi connectivity index (χ0n) is 16.7. The van der Waals surface area contributed by atoms with E-state index < -0.39 is 29.9 Å². The summed E-state index contributed by atoms with van der Waals surface area (Å²) in [4.78, 5) is 43.0. The molecule has 1 aromatic heterocycles. The van der Waals surface area contributed by atoms with E-state index >= 15 is 0 Å². The Bertz CT molecular complexity index is 1250. The minimum absolute atomic E-state index is 0.343. The molecule has 2 N–H and O–H groups in total. The van der Waals surface area contributed by atoms with Crippen LogP contribution in [0.25, 0.3) is 5.69 Å². The number of amides is 4. The number of rotatable bonds is 5. The molecule has 10 nitrogen and oxygen atoms in total. The summed E-state index contributed by atoms with van der Waals surface area (Å²) in [6.07, 6.45) is 2.80. The zero-order valence-corrected chi connectivity index (χ0v) is 17.5. The summed E-state index contributed by atoms with van der Waals surface area (Å²) in [5, 5.41) is 18.7. The first-order valence-electron chi connectivity index (χ1n) is 9.41. The Hall–Kier alpha value is -4.23. The molecule has 1 aliphatic rings. The van der Waals surface area contributed by atoms with E-state index in [0.717, 1.165) is 4.90 Å². The smallest absolute Gasteiger partial charge is 0.323 e. The van der Waals surface area contributed by atoms with Crippen molar-refractivity contribution in [2.45, 2.75) is 12.5 Å².